The van der Waals surface area contributed by atoms with Crippen LogP contribution in [0.3, 0.4) is 0 Å². The van der Waals surface area contributed by atoms with Crippen molar-refractivity contribution in [1.29, 1.82) is 0 Å². The predicted octanol–water partition coefficient (Wildman–Crippen LogP) is 3.68. The number of phenols is 1. The van der Waals surface area contributed by atoms with Gasteiger partial charge in [0, 0.05) is 6.07 Å². The topological polar surface area (TPSA) is 140 Å². The minimum Gasteiger partial charge on any atom is -0.506 e. The van der Waals surface area contributed by atoms with Crippen molar-refractivity contribution in [2.45, 2.75) is 0 Å². The van der Waals surface area contributed by atoms with Gasteiger partial charge in [-0.15, -0.1) is 0 Å². The van der Waals surface area contributed by atoms with Crippen LogP contribution in [0.15, 0.2) is 30.3 Å². The third-order valence-corrected chi connectivity index (χ3v) is 3.66. The van der Waals surface area contributed by atoms with Crippen LogP contribution in [-0.2, 0) is 0 Å². The largest absolute Gasteiger partial charge is 0.506 e. The molecule has 0 fully saturated rings. The number of nitro benzene ring substituents is 2. The van der Waals surface area contributed by atoms with Crippen molar-refractivity contribution in [3.8, 4) is 11.5 Å². The van der Waals surface area contributed by atoms with Crippen molar-refractivity contribution in [3.05, 3.63) is 55.6 Å². The summed E-state index contributed by atoms with van der Waals surface area (Å²) in [6, 6.07) is 5.91. The van der Waals surface area contributed by atoms with E-state index in [0.29, 0.717) is 5.69 Å². The minimum absolute atomic E-state index is 0.00243. The first-order chi connectivity index (χ1) is 12.2. The van der Waals surface area contributed by atoms with E-state index in [4.69, 9.17) is 28.6 Å². The second-order valence-corrected chi connectivity index (χ2v) is 5.61. The summed E-state index contributed by atoms with van der Waals surface area (Å²) in [4.78, 5) is 20.3. The maximum absolute atomic E-state index is 10.8. The van der Waals surface area contributed by atoms with Gasteiger partial charge in [0.1, 0.15) is 16.5 Å². The lowest BCUT2D eigenvalue weighted by atomic mass is 10.2. The van der Waals surface area contributed by atoms with Crippen LogP contribution >= 0.6 is 23.8 Å². The molecule has 10 nitrogen and oxygen atoms in total. The highest BCUT2D eigenvalue weighted by Crippen LogP contribution is 2.35. The fraction of sp³-hybridized carbons (Fsp3) is 0.0714. The average molecular weight is 399 g/mol. The number of phenolic OH excluding ortho intramolecular Hbond substituents is 1. The lowest BCUT2D eigenvalue weighted by Crippen LogP contribution is -2.19. The molecule has 0 aliphatic rings. The number of hydrogen-bond donors (Lipinski definition) is 3. The molecular weight excluding hydrogens is 388 g/mol. The first-order valence-electron chi connectivity index (χ1n) is 6.80. The third kappa shape index (κ3) is 4.26. The monoisotopic (exact) mass is 398 g/mol. The second kappa shape index (κ2) is 7.80. The molecule has 0 radical (unpaired) electrons. The van der Waals surface area contributed by atoms with E-state index in [0.717, 1.165) is 12.1 Å². The Bertz CT molecular complexity index is 907. The molecular formula is C14H11ClN4O6S. The van der Waals surface area contributed by atoms with E-state index in [-0.39, 0.29) is 27.3 Å². The molecule has 0 spiro atoms. The highest BCUT2D eigenvalue weighted by Gasteiger charge is 2.18. The molecule has 0 bridgehead atoms. The Morgan fingerprint density at radius 2 is 1.81 bits per heavy atom. The number of ether oxygens (including phenoxy) is 1. The predicted molar refractivity (Wildman–Crippen MR) is 99.3 cm³/mol. The Morgan fingerprint density at radius 1 is 1.15 bits per heavy atom. The zero-order valence-corrected chi connectivity index (χ0v) is 14.6. The van der Waals surface area contributed by atoms with Gasteiger partial charge in [-0.25, -0.2) is 0 Å². The quantitative estimate of drug-likeness (QED) is 0.297. The number of anilines is 2. The Kier molecular flexibility index (Phi) is 5.75. The molecule has 3 N–H and O–H groups in total. The van der Waals surface area contributed by atoms with Crippen molar-refractivity contribution in [1.82, 2.24) is 0 Å². The maximum atomic E-state index is 10.8. The van der Waals surface area contributed by atoms with Crippen molar-refractivity contribution in [2.75, 3.05) is 17.7 Å². The van der Waals surface area contributed by atoms with Crippen LogP contribution in [-0.4, -0.2) is 27.2 Å². The van der Waals surface area contributed by atoms with Gasteiger partial charge in [-0.1, -0.05) is 11.6 Å². The normalized spacial score (nSPS) is 10.1. The van der Waals surface area contributed by atoms with Gasteiger partial charge >= 0.3 is 0 Å². The second-order valence-electron chi connectivity index (χ2n) is 4.80. The van der Waals surface area contributed by atoms with E-state index in [1.54, 1.807) is 0 Å². The summed E-state index contributed by atoms with van der Waals surface area (Å²) in [6.45, 7) is 0. The number of thiocarbonyl (C=S) groups is 1. The summed E-state index contributed by atoms with van der Waals surface area (Å²) >= 11 is 10.9. The lowest BCUT2D eigenvalue weighted by molar-refractivity contribution is -0.385. The number of benzene rings is 2. The van der Waals surface area contributed by atoms with Gasteiger partial charge in [-0.05, 0) is 24.4 Å². The smallest absolute Gasteiger partial charge is 0.291 e. The highest BCUT2D eigenvalue weighted by atomic mass is 35.5. The maximum Gasteiger partial charge on any atom is 0.291 e. The zero-order chi connectivity index (χ0) is 19.4. The van der Waals surface area contributed by atoms with Crippen LogP contribution in [0.4, 0.5) is 22.7 Å². The van der Waals surface area contributed by atoms with Gasteiger partial charge in [0.15, 0.2) is 5.11 Å². The number of rotatable bonds is 5. The molecule has 2 aromatic carbocycles. The summed E-state index contributed by atoms with van der Waals surface area (Å²) in [6.07, 6.45) is 0. The molecule has 0 aromatic heterocycles. The molecule has 0 amide bonds. The van der Waals surface area contributed by atoms with Gasteiger partial charge in [0.05, 0.1) is 40.5 Å². The van der Waals surface area contributed by atoms with Crippen molar-refractivity contribution < 1.29 is 19.7 Å². The van der Waals surface area contributed by atoms with Crippen LogP contribution in [0.1, 0.15) is 0 Å². The van der Waals surface area contributed by atoms with Crippen molar-refractivity contribution >= 4 is 51.7 Å². The molecule has 2 rings (SSSR count). The highest BCUT2D eigenvalue weighted by molar-refractivity contribution is 7.80. The van der Waals surface area contributed by atoms with Crippen molar-refractivity contribution in [3.63, 3.8) is 0 Å². The standard InChI is InChI=1S/C14H11ClN4O6S/c1-25-13-4-7(18(21)22)2-3-9(13)16-14(26)17-10-5-8(15)11(19(23)24)6-12(10)20/h2-6,20H,1H3,(H2,16,17,26). The molecule has 0 saturated heterocycles. The number of methoxy groups -OCH3 is 1. The molecule has 0 aliphatic heterocycles. The van der Waals surface area contributed by atoms with E-state index in [1.165, 1.54) is 25.3 Å². The van der Waals surface area contributed by atoms with E-state index < -0.39 is 21.3 Å². The summed E-state index contributed by atoms with van der Waals surface area (Å²) in [5.74, 6) is -0.254. The summed E-state index contributed by atoms with van der Waals surface area (Å²) < 4.78 is 5.07. The molecule has 0 heterocycles. The van der Waals surface area contributed by atoms with E-state index in [2.05, 4.69) is 10.6 Å². The Morgan fingerprint density at radius 3 is 2.38 bits per heavy atom. The first-order valence-corrected chi connectivity index (χ1v) is 7.59. The number of aromatic hydroxyl groups is 1. The summed E-state index contributed by atoms with van der Waals surface area (Å²) in [7, 11) is 1.34. The average Bonchev–Trinajstić information content (AvgIpc) is 2.57. The molecule has 26 heavy (non-hydrogen) atoms. The van der Waals surface area contributed by atoms with Gasteiger partial charge in [-0.2, -0.15) is 0 Å². The fourth-order valence-corrected chi connectivity index (χ4v) is 2.42. The van der Waals surface area contributed by atoms with Crippen molar-refractivity contribution in [2.24, 2.45) is 0 Å². The van der Waals surface area contributed by atoms with Crippen LogP contribution in [0.5, 0.6) is 11.5 Å². The summed E-state index contributed by atoms with van der Waals surface area (Å²) in [5.41, 5.74) is -0.237. The Balaban J connectivity index is 2.20. The van der Waals surface area contributed by atoms with Crippen LogP contribution < -0.4 is 15.4 Å². The van der Waals surface area contributed by atoms with Gasteiger partial charge in [-0.3, -0.25) is 20.2 Å². The Labute approximate surface area is 156 Å². The third-order valence-electron chi connectivity index (χ3n) is 3.15. The van der Waals surface area contributed by atoms with Crippen LogP contribution in [0, 0.1) is 20.2 Å². The van der Waals surface area contributed by atoms with Crippen LogP contribution in [0.2, 0.25) is 5.02 Å². The number of halogens is 1. The van der Waals surface area contributed by atoms with E-state index in [1.807, 2.05) is 0 Å². The fourth-order valence-electron chi connectivity index (χ4n) is 1.96. The molecule has 0 unspecified atom stereocenters. The number of nitrogens with zero attached hydrogens (tertiary/aromatic N) is 2. The van der Waals surface area contributed by atoms with Gasteiger partial charge in [0.25, 0.3) is 11.4 Å². The molecule has 12 heteroatoms. The molecule has 136 valence electrons. The SMILES string of the molecule is COc1cc([N+](=O)[O-])ccc1NC(=S)Nc1cc(Cl)c([N+](=O)[O-])cc1O. The lowest BCUT2D eigenvalue weighted by Gasteiger charge is -2.14. The first kappa shape index (κ1) is 19.1. The Hall–Kier alpha value is -3.18. The number of nitro groups is 2. The number of nitrogens with one attached hydrogen (secondary N) is 2. The zero-order valence-electron chi connectivity index (χ0n) is 13.1. The number of non-ortho nitro benzene ring substituents is 1. The van der Waals surface area contributed by atoms with Gasteiger partial charge < -0.3 is 20.5 Å². The molecule has 0 saturated carbocycles. The van der Waals surface area contributed by atoms with Crippen LogP contribution in [0.25, 0.3) is 0 Å². The molecule has 0 atom stereocenters. The number of hydrogen-bond acceptors (Lipinski definition) is 7. The minimum atomic E-state index is -0.732. The summed E-state index contributed by atoms with van der Waals surface area (Å²) in [5, 5.41) is 36.6. The van der Waals surface area contributed by atoms with Gasteiger partial charge in [0.2, 0.25) is 0 Å². The van der Waals surface area contributed by atoms with E-state index in [9.17, 15) is 25.3 Å². The van der Waals surface area contributed by atoms with E-state index >= 15 is 0 Å². The molecule has 0 aliphatic carbocycles. The molecule has 2 aromatic rings.